The predicted molar refractivity (Wildman–Crippen MR) is 167 cm³/mol. The van der Waals surface area contributed by atoms with Crippen LogP contribution in [0.4, 0.5) is 0 Å². The first-order valence-electron chi connectivity index (χ1n) is 13.5. The summed E-state index contributed by atoms with van der Waals surface area (Å²) >= 11 is 7.38. The number of phenolic OH excluding ortho intramolecular Hbond substituents is 1. The molecule has 0 saturated carbocycles. The van der Waals surface area contributed by atoms with Crippen LogP contribution in [0.15, 0.2) is 97.1 Å². The molecule has 0 fully saturated rings. The highest BCUT2D eigenvalue weighted by atomic mass is 35.5. The van der Waals surface area contributed by atoms with E-state index in [9.17, 15) is 14.7 Å². The molecule has 6 nitrogen and oxygen atoms in total. The summed E-state index contributed by atoms with van der Waals surface area (Å²) in [5.74, 6) is -0.976. The molecule has 0 aliphatic rings. The second-order valence-corrected chi connectivity index (χ2v) is 11.4. The molecular weight excluding hydrogens is 570 g/mol. The van der Waals surface area contributed by atoms with Gasteiger partial charge in [-0.2, -0.15) is 0 Å². The van der Waals surface area contributed by atoms with Crippen molar-refractivity contribution in [1.82, 2.24) is 5.06 Å². The van der Waals surface area contributed by atoms with Gasteiger partial charge in [0.25, 0.3) is 0 Å². The highest BCUT2D eigenvalue weighted by Gasteiger charge is 2.31. The van der Waals surface area contributed by atoms with Crippen LogP contribution in [0.2, 0.25) is 5.02 Å². The molecule has 8 heteroatoms. The van der Waals surface area contributed by atoms with E-state index in [-0.39, 0.29) is 18.7 Å². The molecule has 0 aliphatic heterocycles. The number of halogens is 1. The van der Waals surface area contributed by atoms with Crippen LogP contribution in [0, 0.1) is 0 Å². The SMILES string of the molecule is CCc1ccc(CN(OC(=O)c2cc3cc(-c4ccc(Cl)cc4)ccc3s2)[C@@H](Cc2ccc(O)cc2)C(=O)OC)cc1. The normalized spacial score (nSPS) is 11.9. The van der Waals surface area contributed by atoms with Gasteiger partial charge in [-0.3, -0.25) is 4.79 Å². The Balaban J connectivity index is 1.44. The van der Waals surface area contributed by atoms with E-state index in [4.69, 9.17) is 21.2 Å². The molecule has 5 rings (SSSR count). The first-order valence-corrected chi connectivity index (χ1v) is 14.7. The lowest BCUT2D eigenvalue weighted by Crippen LogP contribution is -2.44. The van der Waals surface area contributed by atoms with Crippen LogP contribution in [-0.2, 0) is 33.8 Å². The Morgan fingerprint density at radius 3 is 2.17 bits per heavy atom. The van der Waals surface area contributed by atoms with Gasteiger partial charge in [-0.15, -0.1) is 16.4 Å². The predicted octanol–water partition coefficient (Wildman–Crippen LogP) is 7.85. The minimum atomic E-state index is -0.916. The molecule has 1 aromatic heterocycles. The third-order valence-electron chi connectivity index (χ3n) is 7.05. The van der Waals surface area contributed by atoms with E-state index >= 15 is 0 Å². The van der Waals surface area contributed by atoms with Gasteiger partial charge in [0.05, 0.1) is 13.7 Å². The number of hydrogen-bond acceptors (Lipinski definition) is 7. The van der Waals surface area contributed by atoms with Gasteiger partial charge in [-0.05, 0) is 82.1 Å². The molecule has 5 aromatic rings. The minimum absolute atomic E-state index is 0.122. The van der Waals surface area contributed by atoms with Crippen LogP contribution in [0.1, 0.15) is 33.3 Å². The first kappa shape index (κ1) is 29.3. The molecule has 4 aromatic carbocycles. The zero-order valence-corrected chi connectivity index (χ0v) is 24.8. The molecule has 214 valence electrons. The van der Waals surface area contributed by atoms with E-state index in [2.05, 4.69) is 6.92 Å². The topological polar surface area (TPSA) is 76.1 Å². The van der Waals surface area contributed by atoms with Crippen molar-refractivity contribution in [2.45, 2.75) is 32.4 Å². The Bertz CT molecular complexity index is 1680. The first-order chi connectivity index (χ1) is 20.3. The number of aromatic hydroxyl groups is 1. The van der Waals surface area contributed by atoms with Gasteiger partial charge >= 0.3 is 11.9 Å². The van der Waals surface area contributed by atoms with Crippen molar-refractivity contribution in [2.75, 3.05) is 7.11 Å². The van der Waals surface area contributed by atoms with E-state index in [1.165, 1.54) is 29.1 Å². The molecular formula is C34H30ClNO5S. The van der Waals surface area contributed by atoms with Crippen LogP contribution >= 0.6 is 22.9 Å². The average Bonchev–Trinajstić information content (AvgIpc) is 3.45. The van der Waals surface area contributed by atoms with Crippen LogP contribution in [0.25, 0.3) is 21.2 Å². The van der Waals surface area contributed by atoms with Crippen molar-refractivity contribution in [3.05, 3.63) is 124 Å². The second-order valence-electron chi connectivity index (χ2n) is 9.90. The molecule has 0 aliphatic carbocycles. The third-order valence-corrected chi connectivity index (χ3v) is 8.40. The monoisotopic (exact) mass is 599 g/mol. The number of thiophene rings is 1. The maximum absolute atomic E-state index is 13.6. The van der Waals surface area contributed by atoms with E-state index in [0.717, 1.165) is 38.8 Å². The third kappa shape index (κ3) is 6.99. The summed E-state index contributed by atoms with van der Waals surface area (Å²) in [6, 6.07) is 29.0. The van der Waals surface area contributed by atoms with Crippen LogP contribution in [-0.4, -0.2) is 35.3 Å². The molecule has 1 N–H and O–H groups in total. The summed E-state index contributed by atoms with van der Waals surface area (Å²) in [5, 5.41) is 12.7. The van der Waals surface area contributed by atoms with Crippen LogP contribution in [0.3, 0.4) is 0 Å². The number of carbonyl (C=O) groups is 2. The smallest absolute Gasteiger partial charge is 0.367 e. The fraction of sp³-hybridized carbons (Fsp3) is 0.176. The van der Waals surface area contributed by atoms with Crippen molar-refractivity contribution in [1.29, 1.82) is 0 Å². The standard InChI is InChI=1S/C34H30ClNO5S/c1-3-22-4-6-24(7-5-22)21-36(30(33(38)40-2)18-23-8-15-29(37)16-9-23)41-34(39)32-20-27-19-26(12-17-31(27)42-32)25-10-13-28(35)14-11-25/h4-17,19-20,30,37H,3,18,21H2,1-2H3/t30-/m0/s1. The lowest BCUT2D eigenvalue weighted by atomic mass is 10.0. The second kappa shape index (κ2) is 13.2. The number of esters is 1. The van der Waals surface area contributed by atoms with Crippen molar-refractivity contribution in [3.63, 3.8) is 0 Å². The van der Waals surface area contributed by atoms with Gasteiger partial charge < -0.3 is 14.7 Å². The summed E-state index contributed by atoms with van der Waals surface area (Å²) in [4.78, 5) is 33.0. The number of fused-ring (bicyclic) bond motifs is 1. The average molecular weight is 600 g/mol. The van der Waals surface area contributed by atoms with Crippen molar-refractivity contribution >= 4 is 45.0 Å². The fourth-order valence-corrected chi connectivity index (χ4v) is 5.72. The number of hydroxylamine groups is 2. The van der Waals surface area contributed by atoms with Crippen LogP contribution < -0.4 is 0 Å². The zero-order valence-electron chi connectivity index (χ0n) is 23.2. The van der Waals surface area contributed by atoms with Gasteiger partial charge in [0.1, 0.15) is 16.7 Å². The molecule has 1 heterocycles. The Morgan fingerprint density at radius 2 is 1.50 bits per heavy atom. The van der Waals surface area contributed by atoms with E-state index in [1.807, 2.05) is 72.8 Å². The summed E-state index contributed by atoms with van der Waals surface area (Å²) in [6.07, 6.45) is 1.11. The van der Waals surface area contributed by atoms with Gasteiger partial charge in [-0.25, -0.2) is 4.79 Å². The van der Waals surface area contributed by atoms with Gasteiger partial charge in [0.15, 0.2) is 0 Å². The molecule has 0 radical (unpaired) electrons. The number of carbonyl (C=O) groups excluding carboxylic acids is 2. The van der Waals surface area contributed by atoms with E-state index in [1.54, 1.807) is 24.3 Å². The van der Waals surface area contributed by atoms with Crippen molar-refractivity contribution in [3.8, 4) is 16.9 Å². The molecule has 0 unspecified atom stereocenters. The maximum Gasteiger partial charge on any atom is 0.367 e. The quantitative estimate of drug-likeness (QED) is 0.130. The fourth-order valence-electron chi connectivity index (χ4n) is 4.68. The lowest BCUT2D eigenvalue weighted by molar-refractivity contribution is -0.177. The van der Waals surface area contributed by atoms with E-state index in [0.29, 0.717) is 9.90 Å². The molecule has 0 saturated heterocycles. The number of nitrogens with zero attached hydrogens (tertiary/aromatic N) is 1. The molecule has 42 heavy (non-hydrogen) atoms. The number of benzene rings is 4. The number of methoxy groups -OCH3 is 1. The van der Waals surface area contributed by atoms with Crippen molar-refractivity contribution < 1.29 is 24.3 Å². The largest absolute Gasteiger partial charge is 0.508 e. The molecule has 1 atom stereocenters. The highest BCUT2D eigenvalue weighted by Crippen LogP contribution is 2.32. The molecule has 0 bridgehead atoms. The Morgan fingerprint density at radius 1 is 0.857 bits per heavy atom. The van der Waals surface area contributed by atoms with Gasteiger partial charge in [-0.1, -0.05) is 73.1 Å². The minimum Gasteiger partial charge on any atom is -0.508 e. The number of ether oxygens (including phenoxy) is 1. The number of hydrogen-bond donors (Lipinski definition) is 1. The zero-order chi connectivity index (χ0) is 29.6. The van der Waals surface area contributed by atoms with Crippen LogP contribution in [0.5, 0.6) is 5.75 Å². The van der Waals surface area contributed by atoms with Crippen molar-refractivity contribution in [2.24, 2.45) is 0 Å². The lowest BCUT2D eigenvalue weighted by Gasteiger charge is -2.28. The number of rotatable bonds is 10. The highest BCUT2D eigenvalue weighted by molar-refractivity contribution is 7.20. The maximum atomic E-state index is 13.6. The summed E-state index contributed by atoms with van der Waals surface area (Å²) < 4.78 is 6.07. The number of phenols is 1. The molecule has 0 spiro atoms. The Labute approximate surface area is 253 Å². The summed E-state index contributed by atoms with van der Waals surface area (Å²) in [7, 11) is 1.31. The Hall–Kier alpha value is -4.17. The number of aryl methyl sites for hydroxylation is 1. The van der Waals surface area contributed by atoms with Gasteiger partial charge in [0.2, 0.25) is 0 Å². The summed E-state index contributed by atoms with van der Waals surface area (Å²) in [5.41, 5.74) is 4.87. The molecule has 0 amide bonds. The Kier molecular flexibility index (Phi) is 9.22. The van der Waals surface area contributed by atoms with E-state index < -0.39 is 18.0 Å². The summed E-state index contributed by atoms with van der Waals surface area (Å²) in [6.45, 7) is 2.26. The van der Waals surface area contributed by atoms with Gasteiger partial charge in [0, 0.05) is 16.1 Å².